The van der Waals surface area contributed by atoms with Gasteiger partial charge in [0, 0.05) is 17.8 Å². The Kier molecular flexibility index (Phi) is 5.77. The summed E-state index contributed by atoms with van der Waals surface area (Å²) in [6.07, 6.45) is 1.99. The van der Waals surface area contributed by atoms with Gasteiger partial charge in [0.15, 0.2) is 5.16 Å². The quantitative estimate of drug-likeness (QED) is 0.727. The van der Waals surface area contributed by atoms with E-state index in [9.17, 15) is 4.79 Å². The Balaban J connectivity index is 2.64. The Labute approximate surface area is 106 Å². The van der Waals surface area contributed by atoms with Gasteiger partial charge in [0.05, 0.1) is 0 Å². The van der Waals surface area contributed by atoms with Crippen LogP contribution in [0.3, 0.4) is 0 Å². The third-order valence-corrected chi connectivity index (χ3v) is 3.77. The second-order valence-corrected chi connectivity index (χ2v) is 5.72. The number of H-pyrrole nitrogens is 1. The minimum absolute atomic E-state index is 0.108. The van der Waals surface area contributed by atoms with Crippen molar-refractivity contribution in [1.82, 2.24) is 20.1 Å². The van der Waals surface area contributed by atoms with Crippen molar-refractivity contribution in [2.75, 3.05) is 7.05 Å². The molecule has 0 radical (unpaired) electrons. The topological polar surface area (TPSA) is 62.7 Å². The molecular weight excluding hydrogens is 236 g/mol. The molecule has 2 N–H and O–H groups in total. The number of aromatic nitrogens is 3. The Morgan fingerprint density at radius 2 is 2.24 bits per heavy atom. The monoisotopic (exact) mass is 258 g/mol. The number of aromatic amines is 1. The Morgan fingerprint density at radius 3 is 2.82 bits per heavy atom. The van der Waals surface area contributed by atoms with Crippen LogP contribution in [0.15, 0.2) is 9.95 Å². The van der Waals surface area contributed by atoms with E-state index in [1.165, 1.54) is 0 Å². The van der Waals surface area contributed by atoms with Crippen molar-refractivity contribution in [2.24, 2.45) is 0 Å². The van der Waals surface area contributed by atoms with Crippen molar-refractivity contribution < 1.29 is 0 Å². The Bertz CT molecular complexity index is 387. The summed E-state index contributed by atoms with van der Waals surface area (Å²) < 4.78 is 1.71. The molecule has 0 aromatic carbocycles. The summed E-state index contributed by atoms with van der Waals surface area (Å²) in [7, 11) is 1.96. The zero-order valence-electron chi connectivity index (χ0n) is 11.0. The van der Waals surface area contributed by atoms with Gasteiger partial charge in [-0.25, -0.2) is 9.89 Å². The van der Waals surface area contributed by atoms with E-state index in [-0.39, 0.29) is 5.69 Å². The van der Waals surface area contributed by atoms with E-state index in [1.54, 1.807) is 16.3 Å². The lowest BCUT2D eigenvalue weighted by molar-refractivity contribution is 0.560. The molecule has 1 aromatic heterocycles. The van der Waals surface area contributed by atoms with Crippen LogP contribution in [0.5, 0.6) is 0 Å². The first-order valence-corrected chi connectivity index (χ1v) is 6.95. The summed E-state index contributed by atoms with van der Waals surface area (Å²) in [5, 5.41) is 11.0. The van der Waals surface area contributed by atoms with Crippen LogP contribution in [0.2, 0.25) is 0 Å². The lowest BCUT2D eigenvalue weighted by atomic mass is 10.2. The van der Waals surface area contributed by atoms with Crippen molar-refractivity contribution in [3.8, 4) is 0 Å². The lowest BCUT2D eigenvalue weighted by Crippen LogP contribution is -2.24. The average Bonchev–Trinajstić information content (AvgIpc) is 2.61. The molecule has 2 atom stereocenters. The Hall–Kier alpha value is -0.750. The smallest absolute Gasteiger partial charge is 0.317 e. The molecule has 1 rings (SSSR count). The first-order valence-electron chi connectivity index (χ1n) is 6.07. The van der Waals surface area contributed by atoms with E-state index in [4.69, 9.17) is 0 Å². The second-order valence-electron chi connectivity index (χ2n) is 4.32. The highest BCUT2D eigenvalue weighted by Gasteiger charge is 2.14. The van der Waals surface area contributed by atoms with Crippen molar-refractivity contribution in [2.45, 2.75) is 56.6 Å². The van der Waals surface area contributed by atoms with E-state index in [0.29, 0.717) is 11.3 Å². The highest BCUT2D eigenvalue weighted by molar-refractivity contribution is 7.99. The predicted molar refractivity (Wildman–Crippen MR) is 71.6 cm³/mol. The summed E-state index contributed by atoms with van der Waals surface area (Å²) in [5.74, 6) is 0. The number of thioether (sulfide) groups is 1. The zero-order valence-corrected chi connectivity index (χ0v) is 11.8. The maximum Gasteiger partial charge on any atom is 0.343 e. The number of nitrogens with one attached hydrogen (secondary N) is 2. The van der Waals surface area contributed by atoms with Gasteiger partial charge in [0.2, 0.25) is 0 Å². The zero-order chi connectivity index (χ0) is 12.8. The van der Waals surface area contributed by atoms with Gasteiger partial charge in [-0.05, 0) is 26.8 Å². The first kappa shape index (κ1) is 14.3. The largest absolute Gasteiger partial charge is 0.343 e. The molecule has 0 saturated heterocycles. The molecule has 0 aliphatic heterocycles. The molecular formula is C11H22N4OS. The fourth-order valence-electron chi connectivity index (χ4n) is 1.66. The van der Waals surface area contributed by atoms with Gasteiger partial charge in [0.25, 0.3) is 0 Å². The first-order chi connectivity index (χ1) is 8.08. The van der Waals surface area contributed by atoms with Gasteiger partial charge >= 0.3 is 5.69 Å². The van der Waals surface area contributed by atoms with Crippen LogP contribution < -0.4 is 11.0 Å². The van der Waals surface area contributed by atoms with Crippen LogP contribution in [0.4, 0.5) is 0 Å². The fourth-order valence-corrected chi connectivity index (χ4v) is 2.80. The molecule has 0 aliphatic carbocycles. The van der Waals surface area contributed by atoms with Gasteiger partial charge in [-0.15, -0.1) is 5.10 Å². The minimum atomic E-state index is -0.108. The summed E-state index contributed by atoms with van der Waals surface area (Å²) in [6, 6.07) is 0.475. The molecule has 6 heteroatoms. The minimum Gasteiger partial charge on any atom is -0.317 e. The Morgan fingerprint density at radius 1 is 1.53 bits per heavy atom. The van der Waals surface area contributed by atoms with E-state index < -0.39 is 0 Å². The molecule has 98 valence electrons. The van der Waals surface area contributed by atoms with Crippen molar-refractivity contribution in [1.29, 1.82) is 0 Å². The van der Waals surface area contributed by atoms with Crippen LogP contribution in [-0.4, -0.2) is 33.1 Å². The molecule has 0 bridgehead atoms. The van der Waals surface area contributed by atoms with Crippen LogP contribution in [0, 0.1) is 0 Å². The van der Waals surface area contributed by atoms with Gasteiger partial charge < -0.3 is 5.32 Å². The molecule has 1 heterocycles. The molecule has 17 heavy (non-hydrogen) atoms. The standard InChI is InChI=1S/C11H22N4OS/c1-5-6-15-10(16)13-14-11(15)17-9(3)7-8(2)12-4/h8-9,12H,5-7H2,1-4H3,(H,13,16). The molecule has 5 nitrogen and oxygen atoms in total. The lowest BCUT2D eigenvalue weighted by Gasteiger charge is -2.15. The fraction of sp³-hybridized carbons (Fsp3) is 0.818. The van der Waals surface area contributed by atoms with Crippen LogP contribution in [0.1, 0.15) is 33.6 Å². The third-order valence-electron chi connectivity index (χ3n) is 2.66. The number of hydrogen-bond donors (Lipinski definition) is 2. The molecule has 2 unspecified atom stereocenters. The van der Waals surface area contributed by atoms with Gasteiger partial charge in [-0.1, -0.05) is 25.6 Å². The molecule has 0 saturated carbocycles. The number of hydrogen-bond acceptors (Lipinski definition) is 4. The normalized spacial score (nSPS) is 14.8. The van der Waals surface area contributed by atoms with Crippen molar-refractivity contribution in [3.05, 3.63) is 10.5 Å². The number of nitrogens with zero attached hydrogens (tertiary/aromatic N) is 2. The maximum absolute atomic E-state index is 11.5. The summed E-state index contributed by atoms with van der Waals surface area (Å²) in [5.41, 5.74) is -0.108. The highest BCUT2D eigenvalue weighted by atomic mass is 32.2. The van der Waals surface area contributed by atoms with Crippen molar-refractivity contribution in [3.63, 3.8) is 0 Å². The van der Waals surface area contributed by atoms with Gasteiger partial charge in [0.1, 0.15) is 0 Å². The van der Waals surface area contributed by atoms with Crippen LogP contribution in [-0.2, 0) is 6.54 Å². The molecule has 0 amide bonds. The predicted octanol–water partition coefficient (Wildman–Crippen LogP) is 1.46. The van der Waals surface area contributed by atoms with E-state index in [0.717, 1.165) is 24.5 Å². The summed E-state index contributed by atoms with van der Waals surface area (Å²) in [6.45, 7) is 7.10. The second kappa shape index (κ2) is 6.86. The van der Waals surface area contributed by atoms with Crippen molar-refractivity contribution >= 4 is 11.8 Å². The number of rotatable bonds is 7. The summed E-state index contributed by atoms with van der Waals surface area (Å²) in [4.78, 5) is 11.5. The van der Waals surface area contributed by atoms with E-state index >= 15 is 0 Å². The van der Waals surface area contributed by atoms with E-state index in [2.05, 4.69) is 36.3 Å². The molecule has 0 aliphatic rings. The third kappa shape index (κ3) is 4.20. The van der Waals surface area contributed by atoms with Gasteiger partial charge in [-0.2, -0.15) is 0 Å². The van der Waals surface area contributed by atoms with Crippen LogP contribution in [0.25, 0.3) is 0 Å². The average molecular weight is 258 g/mol. The molecule has 0 spiro atoms. The maximum atomic E-state index is 11.5. The SMILES string of the molecule is CCCn1c(SC(C)CC(C)NC)n[nH]c1=O. The van der Waals surface area contributed by atoms with Crippen LogP contribution >= 0.6 is 11.8 Å². The highest BCUT2D eigenvalue weighted by Crippen LogP contribution is 2.23. The van der Waals surface area contributed by atoms with E-state index in [1.807, 2.05) is 7.05 Å². The molecule has 0 fully saturated rings. The molecule has 1 aromatic rings. The summed E-state index contributed by atoms with van der Waals surface area (Å²) >= 11 is 1.66. The van der Waals surface area contributed by atoms with Gasteiger partial charge in [-0.3, -0.25) is 4.57 Å².